The summed E-state index contributed by atoms with van der Waals surface area (Å²) in [6.07, 6.45) is 20.3. The molecule has 0 heterocycles. The van der Waals surface area contributed by atoms with Crippen LogP contribution in [-0.4, -0.2) is 16.9 Å². The van der Waals surface area contributed by atoms with Gasteiger partial charge in [-0.3, -0.25) is 4.79 Å². The highest BCUT2D eigenvalue weighted by Crippen LogP contribution is 2.09. The van der Waals surface area contributed by atoms with Gasteiger partial charge in [-0.1, -0.05) is 70.1 Å². The second kappa shape index (κ2) is 14.8. The molecule has 0 aromatic heterocycles. The molecule has 3 nitrogen and oxygen atoms in total. The molecular formula is C18H28O3. The molecule has 0 radical (unpaired) electrons. The predicted molar refractivity (Wildman–Crippen MR) is 87.3 cm³/mol. The van der Waals surface area contributed by atoms with Crippen molar-refractivity contribution >= 4 is 11.8 Å². The lowest BCUT2D eigenvalue weighted by Gasteiger charge is -1.99. The summed E-state index contributed by atoms with van der Waals surface area (Å²) in [5.41, 5.74) is 0. The number of hydrogen-bond acceptors (Lipinski definition) is 2. The Morgan fingerprint density at radius 2 is 1.43 bits per heavy atom. The van der Waals surface area contributed by atoms with Gasteiger partial charge in [-0.05, 0) is 25.0 Å². The van der Waals surface area contributed by atoms with Gasteiger partial charge in [-0.15, -0.1) is 0 Å². The van der Waals surface area contributed by atoms with Crippen LogP contribution < -0.4 is 0 Å². The van der Waals surface area contributed by atoms with E-state index in [1.165, 1.54) is 57.4 Å². The monoisotopic (exact) mass is 292 g/mol. The number of allylic oxidation sites excluding steroid dienone is 5. The van der Waals surface area contributed by atoms with Crippen molar-refractivity contribution in [2.45, 2.75) is 64.7 Å². The van der Waals surface area contributed by atoms with Gasteiger partial charge in [-0.25, -0.2) is 4.79 Å². The molecule has 0 spiro atoms. The van der Waals surface area contributed by atoms with Crippen LogP contribution in [0.4, 0.5) is 0 Å². The minimum atomic E-state index is -1.11. The smallest absolute Gasteiger partial charge is 0.328 e. The van der Waals surface area contributed by atoms with Gasteiger partial charge in [0.2, 0.25) is 0 Å². The maximum absolute atomic E-state index is 11.2. The minimum Gasteiger partial charge on any atom is -0.478 e. The first kappa shape index (κ1) is 19.4. The second-order valence-corrected chi connectivity index (χ2v) is 5.12. The first-order valence-corrected chi connectivity index (χ1v) is 7.95. The first-order chi connectivity index (χ1) is 10.2. The lowest BCUT2D eigenvalue weighted by atomic mass is 10.1. The number of carboxylic acid groups (broad SMARTS) is 1. The van der Waals surface area contributed by atoms with Crippen LogP contribution in [0.25, 0.3) is 0 Å². The Balaban J connectivity index is 3.48. The molecule has 0 aliphatic heterocycles. The zero-order valence-corrected chi connectivity index (χ0v) is 13.1. The minimum absolute atomic E-state index is 0.311. The van der Waals surface area contributed by atoms with Gasteiger partial charge < -0.3 is 5.11 Å². The van der Waals surface area contributed by atoms with E-state index in [4.69, 9.17) is 5.11 Å². The normalized spacial score (nSPS) is 11.9. The van der Waals surface area contributed by atoms with Gasteiger partial charge in [0.15, 0.2) is 5.78 Å². The van der Waals surface area contributed by atoms with Gasteiger partial charge in [0.1, 0.15) is 0 Å². The fraction of sp³-hybridized carbons (Fsp3) is 0.556. The van der Waals surface area contributed by atoms with Gasteiger partial charge >= 0.3 is 5.97 Å². The molecule has 0 atom stereocenters. The third-order valence-electron chi connectivity index (χ3n) is 3.12. The van der Waals surface area contributed by atoms with E-state index >= 15 is 0 Å². The number of ketones is 1. The Kier molecular flexibility index (Phi) is 13.6. The Labute approximate surface area is 128 Å². The van der Waals surface area contributed by atoms with Crippen LogP contribution in [-0.2, 0) is 9.59 Å². The van der Waals surface area contributed by atoms with Crippen LogP contribution in [0.5, 0.6) is 0 Å². The van der Waals surface area contributed by atoms with Crippen LogP contribution >= 0.6 is 0 Å². The Hall–Kier alpha value is -1.64. The molecule has 21 heavy (non-hydrogen) atoms. The van der Waals surface area contributed by atoms with Crippen LogP contribution in [0.15, 0.2) is 36.5 Å². The van der Waals surface area contributed by atoms with Crippen molar-refractivity contribution in [3.8, 4) is 0 Å². The van der Waals surface area contributed by atoms with E-state index in [2.05, 4.69) is 6.92 Å². The molecule has 0 aromatic rings. The summed E-state index contributed by atoms with van der Waals surface area (Å²) >= 11 is 0. The van der Waals surface area contributed by atoms with E-state index in [1.54, 1.807) is 6.08 Å². The number of rotatable bonds is 13. The third-order valence-corrected chi connectivity index (χ3v) is 3.12. The van der Waals surface area contributed by atoms with Crippen molar-refractivity contribution in [2.24, 2.45) is 0 Å². The fourth-order valence-electron chi connectivity index (χ4n) is 1.93. The van der Waals surface area contributed by atoms with Gasteiger partial charge in [-0.2, -0.15) is 0 Å². The summed E-state index contributed by atoms with van der Waals surface area (Å²) in [6.45, 7) is 2.23. The van der Waals surface area contributed by atoms with Gasteiger partial charge in [0.25, 0.3) is 0 Å². The zero-order valence-electron chi connectivity index (χ0n) is 13.1. The molecule has 0 amide bonds. The Bertz CT molecular complexity index is 365. The number of aliphatic carboxylic acids is 1. The van der Waals surface area contributed by atoms with E-state index in [1.807, 2.05) is 12.2 Å². The third kappa shape index (κ3) is 16.3. The molecule has 0 saturated carbocycles. The van der Waals surface area contributed by atoms with Crippen molar-refractivity contribution in [2.75, 3.05) is 0 Å². The summed E-state index contributed by atoms with van der Waals surface area (Å²) in [5.74, 6) is -1.42. The number of carbonyl (C=O) groups is 2. The highest BCUT2D eigenvalue weighted by molar-refractivity contribution is 6.02. The van der Waals surface area contributed by atoms with Crippen LogP contribution in [0, 0.1) is 0 Å². The molecule has 3 heteroatoms. The SMILES string of the molecule is CCCCCCCCCCC=CC=CC(=O)C=CC(=O)O. The van der Waals surface area contributed by atoms with Crippen LogP contribution in [0.3, 0.4) is 0 Å². The average Bonchev–Trinajstić information content (AvgIpc) is 2.46. The number of carbonyl (C=O) groups excluding carboxylic acids is 1. The Morgan fingerprint density at radius 3 is 2.05 bits per heavy atom. The van der Waals surface area contributed by atoms with Crippen molar-refractivity contribution < 1.29 is 14.7 Å². The predicted octanol–water partition coefficient (Wildman–Crippen LogP) is 4.84. The largest absolute Gasteiger partial charge is 0.478 e. The zero-order chi connectivity index (χ0) is 15.8. The second-order valence-electron chi connectivity index (χ2n) is 5.12. The molecule has 0 aliphatic carbocycles. The van der Waals surface area contributed by atoms with E-state index in [-0.39, 0.29) is 5.78 Å². The maximum atomic E-state index is 11.2. The number of unbranched alkanes of at least 4 members (excludes halogenated alkanes) is 8. The lowest BCUT2D eigenvalue weighted by Crippen LogP contribution is -1.90. The van der Waals surface area contributed by atoms with E-state index in [0.29, 0.717) is 0 Å². The summed E-state index contributed by atoms with van der Waals surface area (Å²) < 4.78 is 0. The molecule has 0 rings (SSSR count). The number of carboxylic acids is 1. The molecule has 0 saturated heterocycles. The quantitative estimate of drug-likeness (QED) is 0.300. The van der Waals surface area contributed by atoms with E-state index in [0.717, 1.165) is 18.6 Å². The fourth-order valence-corrected chi connectivity index (χ4v) is 1.93. The van der Waals surface area contributed by atoms with Gasteiger partial charge in [0, 0.05) is 6.08 Å². The Morgan fingerprint density at radius 1 is 0.810 bits per heavy atom. The van der Waals surface area contributed by atoms with Gasteiger partial charge in [0.05, 0.1) is 0 Å². The molecule has 0 aliphatic rings. The van der Waals surface area contributed by atoms with Crippen molar-refractivity contribution in [3.05, 3.63) is 36.5 Å². The number of hydrogen-bond donors (Lipinski definition) is 1. The standard InChI is InChI=1S/C18H28O3/c1-2-3-4-5-6-7-8-9-10-11-12-13-14-17(19)15-16-18(20)21/h11-16H,2-10H2,1H3,(H,20,21). The molecule has 0 aromatic carbocycles. The highest BCUT2D eigenvalue weighted by atomic mass is 16.4. The summed E-state index contributed by atoms with van der Waals surface area (Å²) in [5, 5.41) is 8.36. The summed E-state index contributed by atoms with van der Waals surface area (Å²) in [7, 11) is 0. The lowest BCUT2D eigenvalue weighted by molar-refractivity contribution is -0.131. The van der Waals surface area contributed by atoms with E-state index in [9.17, 15) is 9.59 Å². The highest BCUT2D eigenvalue weighted by Gasteiger charge is 1.91. The van der Waals surface area contributed by atoms with E-state index < -0.39 is 5.97 Å². The summed E-state index contributed by atoms with van der Waals surface area (Å²) in [6, 6.07) is 0. The van der Waals surface area contributed by atoms with Crippen molar-refractivity contribution in [1.82, 2.24) is 0 Å². The van der Waals surface area contributed by atoms with Crippen LogP contribution in [0.1, 0.15) is 64.7 Å². The average molecular weight is 292 g/mol. The molecule has 118 valence electrons. The first-order valence-electron chi connectivity index (χ1n) is 7.95. The molecule has 0 fully saturated rings. The maximum Gasteiger partial charge on any atom is 0.328 e. The summed E-state index contributed by atoms with van der Waals surface area (Å²) in [4.78, 5) is 21.4. The molecule has 0 bridgehead atoms. The molecular weight excluding hydrogens is 264 g/mol. The van der Waals surface area contributed by atoms with Crippen molar-refractivity contribution in [3.63, 3.8) is 0 Å². The van der Waals surface area contributed by atoms with Crippen LogP contribution in [0.2, 0.25) is 0 Å². The molecule has 0 unspecified atom stereocenters. The molecule has 1 N–H and O–H groups in total. The van der Waals surface area contributed by atoms with Crippen molar-refractivity contribution in [1.29, 1.82) is 0 Å². The topological polar surface area (TPSA) is 54.4 Å².